The van der Waals surface area contributed by atoms with Crippen LogP contribution in [0.4, 0.5) is 0 Å². The lowest BCUT2D eigenvalue weighted by molar-refractivity contribution is -0.137. The van der Waals surface area contributed by atoms with E-state index in [1.54, 1.807) is 6.20 Å². The minimum absolute atomic E-state index is 0.000512. The fourth-order valence-corrected chi connectivity index (χ4v) is 3.82. The van der Waals surface area contributed by atoms with Crippen LogP contribution in [-0.4, -0.2) is 39.1 Å². The number of pyridine rings is 1. The Hall–Kier alpha value is -3.15. The number of piperidine rings is 1. The van der Waals surface area contributed by atoms with Crippen LogP contribution in [0.1, 0.15) is 36.6 Å². The number of rotatable bonds is 5. The lowest BCUT2D eigenvalue weighted by Crippen LogP contribution is -2.41. The quantitative estimate of drug-likeness (QED) is 0.733. The van der Waals surface area contributed by atoms with Gasteiger partial charge >= 0.3 is 0 Å². The first-order valence-corrected chi connectivity index (χ1v) is 9.65. The molecule has 2 aromatic heterocycles. The number of hydrogen-bond donors (Lipinski definition) is 1. The molecule has 6 nitrogen and oxygen atoms in total. The molecule has 3 aromatic rings. The van der Waals surface area contributed by atoms with E-state index in [4.69, 9.17) is 4.74 Å². The Morgan fingerprint density at radius 2 is 2.04 bits per heavy atom. The standard InChI is InChI=1S/C22H24N4O2/c1-16-13-23-11-10-18(16)19-14-24-25-22(19)20-9-5-6-12-26(20)21(27)15-28-17-7-3-2-4-8-17/h2-4,7-8,10-11,13-14,20H,5-6,9,12,15H2,1H3,(H,24,25). The largest absolute Gasteiger partial charge is 0.484 e. The predicted octanol–water partition coefficient (Wildman–Crippen LogP) is 3.91. The Balaban J connectivity index is 1.56. The van der Waals surface area contributed by atoms with E-state index < -0.39 is 0 Å². The first-order chi connectivity index (χ1) is 13.7. The molecular weight excluding hydrogens is 352 g/mol. The zero-order valence-electron chi connectivity index (χ0n) is 16.0. The molecule has 0 aliphatic carbocycles. The van der Waals surface area contributed by atoms with Crippen LogP contribution in [0.25, 0.3) is 11.1 Å². The van der Waals surface area contributed by atoms with Crippen molar-refractivity contribution in [2.45, 2.75) is 32.2 Å². The molecule has 1 fully saturated rings. The summed E-state index contributed by atoms with van der Waals surface area (Å²) in [6.45, 7) is 2.81. The van der Waals surface area contributed by atoms with Crippen LogP contribution in [-0.2, 0) is 4.79 Å². The van der Waals surface area contributed by atoms with Gasteiger partial charge in [0.05, 0.1) is 17.9 Å². The van der Waals surface area contributed by atoms with Crippen molar-refractivity contribution in [3.8, 4) is 16.9 Å². The molecule has 0 spiro atoms. The van der Waals surface area contributed by atoms with Gasteiger partial charge in [-0.15, -0.1) is 0 Å². The molecule has 1 saturated heterocycles. The van der Waals surface area contributed by atoms with Gasteiger partial charge in [-0.1, -0.05) is 18.2 Å². The average Bonchev–Trinajstić information content (AvgIpc) is 3.22. The van der Waals surface area contributed by atoms with Crippen LogP contribution >= 0.6 is 0 Å². The number of carbonyl (C=O) groups is 1. The summed E-state index contributed by atoms with van der Waals surface area (Å²) in [5.74, 6) is 0.708. The third-order valence-electron chi connectivity index (χ3n) is 5.24. The van der Waals surface area contributed by atoms with Crippen molar-refractivity contribution in [1.82, 2.24) is 20.1 Å². The molecule has 1 N–H and O–H groups in total. The molecule has 0 saturated carbocycles. The topological polar surface area (TPSA) is 71.1 Å². The summed E-state index contributed by atoms with van der Waals surface area (Å²) in [7, 11) is 0. The van der Waals surface area contributed by atoms with E-state index >= 15 is 0 Å². The van der Waals surface area contributed by atoms with Crippen LogP contribution in [0.3, 0.4) is 0 Å². The number of hydrogen-bond acceptors (Lipinski definition) is 4. The summed E-state index contributed by atoms with van der Waals surface area (Å²) in [4.78, 5) is 19.1. The molecule has 144 valence electrons. The van der Waals surface area contributed by atoms with Gasteiger partial charge in [-0.3, -0.25) is 14.9 Å². The van der Waals surface area contributed by atoms with Crippen LogP contribution < -0.4 is 4.74 Å². The number of nitrogens with zero attached hydrogens (tertiary/aromatic N) is 3. The molecule has 0 radical (unpaired) electrons. The number of amides is 1. The molecular formula is C22H24N4O2. The highest BCUT2D eigenvalue weighted by Crippen LogP contribution is 2.36. The molecule has 28 heavy (non-hydrogen) atoms. The first kappa shape index (κ1) is 18.2. The Kier molecular flexibility index (Phi) is 5.37. The fraction of sp³-hybridized carbons (Fsp3) is 0.318. The fourth-order valence-electron chi connectivity index (χ4n) is 3.82. The Labute approximate surface area is 164 Å². The minimum Gasteiger partial charge on any atom is -0.484 e. The number of aromatic amines is 1. The van der Waals surface area contributed by atoms with Crippen LogP contribution in [0.5, 0.6) is 5.75 Å². The average molecular weight is 376 g/mol. The number of likely N-dealkylation sites (tertiary alicyclic amines) is 1. The van der Waals surface area contributed by atoms with E-state index in [1.807, 2.05) is 60.6 Å². The van der Waals surface area contributed by atoms with Gasteiger partial charge < -0.3 is 9.64 Å². The van der Waals surface area contributed by atoms with Gasteiger partial charge in [0.25, 0.3) is 5.91 Å². The first-order valence-electron chi connectivity index (χ1n) is 9.65. The van der Waals surface area contributed by atoms with E-state index in [0.717, 1.165) is 48.2 Å². The zero-order valence-corrected chi connectivity index (χ0v) is 16.0. The highest BCUT2D eigenvalue weighted by molar-refractivity contribution is 5.79. The second kappa shape index (κ2) is 8.25. The molecule has 1 unspecified atom stereocenters. The second-order valence-corrected chi connectivity index (χ2v) is 7.09. The smallest absolute Gasteiger partial charge is 0.261 e. The van der Waals surface area contributed by atoms with Gasteiger partial charge in [-0.25, -0.2) is 0 Å². The SMILES string of the molecule is Cc1cnccc1-c1cn[nH]c1C1CCCCN1C(=O)COc1ccccc1. The van der Waals surface area contributed by atoms with E-state index in [0.29, 0.717) is 5.75 Å². The summed E-state index contributed by atoms with van der Waals surface area (Å²) in [5.41, 5.74) is 4.21. The van der Waals surface area contributed by atoms with Gasteiger partial charge in [-0.05, 0) is 55.5 Å². The predicted molar refractivity (Wildman–Crippen MR) is 107 cm³/mol. The van der Waals surface area contributed by atoms with Gasteiger partial charge in [0, 0.05) is 24.5 Å². The maximum atomic E-state index is 12.9. The van der Waals surface area contributed by atoms with E-state index in [2.05, 4.69) is 15.2 Å². The molecule has 4 rings (SSSR count). The van der Waals surface area contributed by atoms with Gasteiger partial charge in [0.2, 0.25) is 0 Å². The lowest BCUT2D eigenvalue weighted by Gasteiger charge is -2.35. The maximum Gasteiger partial charge on any atom is 0.261 e. The van der Waals surface area contributed by atoms with Crippen LogP contribution in [0.2, 0.25) is 0 Å². The van der Waals surface area contributed by atoms with Gasteiger partial charge in [0.15, 0.2) is 6.61 Å². The van der Waals surface area contributed by atoms with Gasteiger partial charge in [-0.2, -0.15) is 5.10 Å². The number of nitrogens with one attached hydrogen (secondary N) is 1. The molecule has 1 atom stereocenters. The number of aromatic nitrogens is 3. The van der Waals surface area contributed by atoms with E-state index in [1.165, 1.54) is 0 Å². The van der Waals surface area contributed by atoms with E-state index in [-0.39, 0.29) is 18.6 Å². The number of aryl methyl sites for hydroxylation is 1. The van der Waals surface area contributed by atoms with Crippen molar-refractivity contribution in [1.29, 1.82) is 0 Å². The molecule has 0 bridgehead atoms. The van der Waals surface area contributed by atoms with Crippen molar-refractivity contribution in [3.05, 3.63) is 66.2 Å². The Bertz CT molecular complexity index is 938. The number of carbonyl (C=O) groups excluding carboxylic acids is 1. The van der Waals surface area contributed by atoms with Crippen LogP contribution in [0.15, 0.2) is 55.0 Å². The number of benzene rings is 1. The summed E-state index contributed by atoms with van der Waals surface area (Å²) in [6, 6.07) is 11.4. The van der Waals surface area contributed by atoms with Crippen LogP contribution in [0, 0.1) is 6.92 Å². The maximum absolute atomic E-state index is 12.9. The summed E-state index contributed by atoms with van der Waals surface area (Å²) < 4.78 is 5.70. The van der Waals surface area contributed by atoms with Gasteiger partial charge in [0.1, 0.15) is 5.75 Å². The molecule has 1 amide bonds. The van der Waals surface area contributed by atoms with Crippen molar-refractivity contribution in [3.63, 3.8) is 0 Å². The van der Waals surface area contributed by atoms with Crippen molar-refractivity contribution < 1.29 is 9.53 Å². The lowest BCUT2D eigenvalue weighted by atomic mass is 9.93. The Morgan fingerprint density at radius 3 is 2.86 bits per heavy atom. The minimum atomic E-state index is -0.0225. The second-order valence-electron chi connectivity index (χ2n) is 7.09. The van der Waals surface area contributed by atoms with E-state index in [9.17, 15) is 4.79 Å². The number of H-pyrrole nitrogens is 1. The highest BCUT2D eigenvalue weighted by Gasteiger charge is 2.31. The van der Waals surface area contributed by atoms with Crippen molar-refractivity contribution in [2.75, 3.05) is 13.2 Å². The molecule has 6 heteroatoms. The highest BCUT2D eigenvalue weighted by atomic mass is 16.5. The van der Waals surface area contributed by atoms with Crippen molar-refractivity contribution in [2.24, 2.45) is 0 Å². The van der Waals surface area contributed by atoms with Crippen molar-refractivity contribution >= 4 is 5.91 Å². The molecule has 1 aliphatic heterocycles. The monoisotopic (exact) mass is 376 g/mol. The Morgan fingerprint density at radius 1 is 1.18 bits per heavy atom. The summed E-state index contributed by atoms with van der Waals surface area (Å²) >= 11 is 0. The summed E-state index contributed by atoms with van der Waals surface area (Å²) in [6.07, 6.45) is 8.49. The number of para-hydroxylation sites is 1. The summed E-state index contributed by atoms with van der Waals surface area (Å²) in [5, 5.41) is 7.44. The zero-order chi connectivity index (χ0) is 19.3. The molecule has 1 aliphatic rings. The molecule has 3 heterocycles. The third-order valence-corrected chi connectivity index (χ3v) is 5.24. The number of ether oxygens (including phenoxy) is 1. The molecule has 1 aromatic carbocycles. The normalized spacial score (nSPS) is 16.8. The third kappa shape index (κ3) is 3.76.